The maximum absolute atomic E-state index is 12.4. The minimum absolute atomic E-state index is 0.497. The number of benzene rings is 1. The molecule has 0 fully saturated rings. The van der Waals surface area contributed by atoms with E-state index in [-0.39, 0.29) is 0 Å². The van der Waals surface area contributed by atoms with Crippen LogP contribution in [0.2, 0.25) is 0 Å². The van der Waals surface area contributed by atoms with E-state index in [2.05, 4.69) is 0 Å². The molecule has 0 bridgehead atoms. The smallest absolute Gasteiger partial charge is 0.166 e. The quantitative estimate of drug-likeness (QED) is 0.671. The molecule has 0 amide bonds. The lowest BCUT2D eigenvalue weighted by atomic mass is 10.1. The summed E-state index contributed by atoms with van der Waals surface area (Å²) in [6, 6.07) is 5.12. The lowest BCUT2D eigenvalue weighted by molar-refractivity contribution is -0.137. The monoisotopic (exact) mass is 223 g/mol. The fourth-order valence-corrected chi connectivity index (χ4v) is 1.11. The van der Waals surface area contributed by atoms with Crippen molar-refractivity contribution in [1.29, 1.82) is 0 Å². The summed E-state index contributed by atoms with van der Waals surface area (Å²) in [4.78, 5) is 0. The van der Waals surface area contributed by atoms with Crippen LogP contribution in [0.1, 0.15) is 11.1 Å². The molecule has 0 unspecified atom stereocenters. The Morgan fingerprint density at radius 1 is 1.06 bits per heavy atom. The van der Waals surface area contributed by atoms with Gasteiger partial charge in [0.1, 0.15) is 0 Å². The summed E-state index contributed by atoms with van der Waals surface area (Å²) in [5, 5.41) is 0. The molecule has 1 aromatic carbocycles. The van der Waals surface area contributed by atoms with E-state index >= 15 is 0 Å². The van der Waals surface area contributed by atoms with Gasteiger partial charge in [-0.1, -0.05) is 49.1 Å². The Morgan fingerprint density at radius 3 is 2.44 bits per heavy atom. The Labute approximate surface area is 92.4 Å². The first-order valence-corrected chi connectivity index (χ1v) is 4.59. The van der Waals surface area contributed by atoms with Crippen LogP contribution in [-0.2, 0) is 6.18 Å². The van der Waals surface area contributed by atoms with Crippen molar-refractivity contribution in [1.82, 2.24) is 0 Å². The van der Waals surface area contributed by atoms with Gasteiger partial charge in [-0.05, 0) is 17.7 Å². The topological polar surface area (TPSA) is 0 Å². The van der Waals surface area contributed by atoms with Crippen molar-refractivity contribution in [2.24, 2.45) is 0 Å². The second kappa shape index (κ2) is 5.35. The van der Waals surface area contributed by atoms with Crippen LogP contribution in [0.15, 0.2) is 48.6 Å². The second-order valence-electron chi connectivity index (χ2n) is 3.06. The minimum atomic E-state index is -4.30. The average molecular weight is 223 g/mol. The van der Waals surface area contributed by atoms with Crippen molar-refractivity contribution in [3.8, 4) is 0 Å². The second-order valence-corrected chi connectivity index (χ2v) is 3.06. The molecule has 1 radical (unpaired) electrons. The molecule has 1 aromatic rings. The van der Waals surface area contributed by atoms with Crippen molar-refractivity contribution < 1.29 is 13.2 Å². The third-order valence-corrected chi connectivity index (χ3v) is 1.84. The molecule has 0 saturated carbocycles. The molecule has 0 saturated heterocycles. The zero-order valence-corrected chi connectivity index (χ0v) is 8.41. The highest BCUT2D eigenvalue weighted by Gasteiger charge is 2.30. The van der Waals surface area contributed by atoms with Crippen LogP contribution >= 0.6 is 0 Å². The first-order chi connectivity index (χ1) is 7.54. The summed E-state index contributed by atoms with van der Waals surface area (Å²) in [6.07, 6.45) is 3.47. The van der Waals surface area contributed by atoms with Gasteiger partial charge in [0.05, 0.1) is 5.56 Å². The van der Waals surface area contributed by atoms with Crippen LogP contribution in [0.25, 0.3) is 6.08 Å². The van der Waals surface area contributed by atoms with E-state index in [4.69, 9.17) is 6.58 Å². The van der Waals surface area contributed by atoms with Gasteiger partial charge in [-0.2, -0.15) is 13.2 Å². The molecule has 0 aliphatic carbocycles. The van der Waals surface area contributed by atoms with Gasteiger partial charge < -0.3 is 0 Å². The molecule has 0 aromatic heterocycles. The Balaban J connectivity index is 2.87. The largest absolute Gasteiger partial charge is 0.416 e. The van der Waals surface area contributed by atoms with E-state index in [1.54, 1.807) is 30.4 Å². The molecule has 0 heterocycles. The van der Waals surface area contributed by atoms with Crippen molar-refractivity contribution in [3.05, 3.63) is 66.3 Å². The summed E-state index contributed by atoms with van der Waals surface area (Å²) in [7, 11) is 0. The molecule has 0 nitrogen and oxygen atoms in total. The number of hydrogen-bond acceptors (Lipinski definition) is 0. The van der Waals surface area contributed by atoms with Crippen LogP contribution in [0, 0.1) is 6.58 Å². The highest BCUT2D eigenvalue weighted by atomic mass is 19.4. The van der Waals surface area contributed by atoms with E-state index in [0.29, 0.717) is 5.56 Å². The van der Waals surface area contributed by atoms with Crippen LogP contribution in [0.4, 0.5) is 13.2 Å². The van der Waals surface area contributed by atoms with Crippen LogP contribution in [0.5, 0.6) is 0 Å². The van der Waals surface area contributed by atoms with E-state index in [1.165, 1.54) is 12.1 Å². The molecule has 0 aliphatic rings. The Hall–Kier alpha value is -1.77. The van der Waals surface area contributed by atoms with Gasteiger partial charge in [0.15, 0.2) is 0 Å². The normalized spacial score (nSPS) is 12.4. The molecular formula is C13H10F3. The zero-order chi connectivity index (χ0) is 12.0. The third kappa shape index (κ3) is 3.77. The molecule has 0 atom stereocenters. The number of allylic oxidation sites excluding steroid dienone is 4. The van der Waals surface area contributed by atoms with Gasteiger partial charge in [-0.25, -0.2) is 0 Å². The number of alkyl halides is 3. The number of hydrogen-bond donors (Lipinski definition) is 0. The first kappa shape index (κ1) is 12.3. The summed E-state index contributed by atoms with van der Waals surface area (Å²) < 4.78 is 37.1. The predicted molar refractivity (Wildman–Crippen MR) is 58.5 cm³/mol. The summed E-state index contributed by atoms with van der Waals surface area (Å²) in [5.74, 6) is 0. The Kier molecular flexibility index (Phi) is 4.11. The van der Waals surface area contributed by atoms with E-state index in [0.717, 1.165) is 12.1 Å². The summed E-state index contributed by atoms with van der Waals surface area (Å²) in [6.45, 7) is 5.09. The number of rotatable bonds is 3. The minimum Gasteiger partial charge on any atom is -0.166 e. The fraction of sp³-hybridized carbons (Fsp3) is 0.0769. The molecular weight excluding hydrogens is 213 g/mol. The highest BCUT2D eigenvalue weighted by Crippen LogP contribution is 2.29. The van der Waals surface area contributed by atoms with Gasteiger partial charge in [0.25, 0.3) is 0 Å². The van der Waals surface area contributed by atoms with Crippen LogP contribution < -0.4 is 0 Å². The van der Waals surface area contributed by atoms with E-state index in [9.17, 15) is 13.2 Å². The van der Waals surface area contributed by atoms with Crippen LogP contribution in [0.3, 0.4) is 0 Å². The first-order valence-electron chi connectivity index (χ1n) is 4.59. The summed E-state index contributed by atoms with van der Waals surface area (Å²) >= 11 is 0. The third-order valence-electron chi connectivity index (χ3n) is 1.84. The molecule has 3 heteroatoms. The van der Waals surface area contributed by atoms with Gasteiger partial charge >= 0.3 is 6.18 Å². The SMILES string of the molecule is [CH]=C/C=C/C=C/c1cccc(C(F)(F)F)c1. The van der Waals surface area contributed by atoms with Gasteiger partial charge in [0.2, 0.25) is 0 Å². The lowest BCUT2D eigenvalue weighted by Gasteiger charge is -2.06. The van der Waals surface area contributed by atoms with Crippen molar-refractivity contribution >= 4 is 6.08 Å². The van der Waals surface area contributed by atoms with Gasteiger partial charge in [-0.15, -0.1) is 0 Å². The molecule has 0 spiro atoms. The summed E-state index contributed by atoms with van der Waals surface area (Å²) in [5.41, 5.74) is -0.152. The fourth-order valence-electron chi connectivity index (χ4n) is 1.11. The maximum atomic E-state index is 12.4. The molecule has 16 heavy (non-hydrogen) atoms. The van der Waals surface area contributed by atoms with E-state index in [1.807, 2.05) is 0 Å². The maximum Gasteiger partial charge on any atom is 0.416 e. The highest BCUT2D eigenvalue weighted by molar-refractivity contribution is 5.52. The lowest BCUT2D eigenvalue weighted by Crippen LogP contribution is -2.04. The molecule has 0 N–H and O–H groups in total. The molecule has 0 aliphatic heterocycles. The number of halogens is 3. The predicted octanol–water partition coefficient (Wildman–Crippen LogP) is 4.26. The Bertz CT molecular complexity index is 411. The van der Waals surface area contributed by atoms with Crippen molar-refractivity contribution in [3.63, 3.8) is 0 Å². The van der Waals surface area contributed by atoms with Crippen molar-refractivity contribution in [2.45, 2.75) is 6.18 Å². The average Bonchev–Trinajstić information content (AvgIpc) is 2.24. The van der Waals surface area contributed by atoms with Crippen molar-refractivity contribution in [2.75, 3.05) is 0 Å². The van der Waals surface area contributed by atoms with Gasteiger partial charge in [-0.3, -0.25) is 0 Å². The molecule has 83 valence electrons. The van der Waals surface area contributed by atoms with E-state index < -0.39 is 11.7 Å². The molecule has 1 rings (SSSR count). The zero-order valence-electron chi connectivity index (χ0n) is 8.41. The van der Waals surface area contributed by atoms with Crippen LogP contribution in [-0.4, -0.2) is 0 Å². The Morgan fingerprint density at radius 2 is 1.81 bits per heavy atom. The van der Waals surface area contributed by atoms with Gasteiger partial charge in [0, 0.05) is 0 Å². The standard InChI is InChI=1S/C13H10F3/c1-2-3-4-5-7-11-8-6-9-12(10-11)13(14,15)16/h1-10H/b2-1?,4-3+,7-5+.